The van der Waals surface area contributed by atoms with Crippen LogP contribution in [0.3, 0.4) is 0 Å². The maximum absolute atomic E-state index is 12.5. The molecule has 120 valence electrons. The number of rotatable bonds is 2. The van der Waals surface area contributed by atoms with Crippen molar-refractivity contribution >= 4 is 34.9 Å². The third-order valence-corrected chi connectivity index (χ3v) is 4.85. The molecule has 2 saturated heterocycles. The number of hydrogen-bond acceptors (Lipinski definition) is 4. The minimum absolute atomic E-state index is 0.185. The maximum atomic E-state index is 12.5. The van der Waals surface area contributed by atoms with Crippen LogP contribution in [0.4, 0.5) is 5.82 Å². The first kappa shape index (κ1) is 15.8. The van der Waals surface area contributed by atoms with Crippen molar-refractivity contribution in [2.24, 2.45) is 5.92 Å². The summed E-state index contributed by atoms with van der Waals surface area (Å²) in [5.41, 5.74) is 0. The summed E-state index contributed by atoms with van der Waals surface area (Å²) in [7, 11) is 0. The van der Waals surface area contributed by atoms with Gasteiger partial charge in [-0.25, -0.2) is 4.98 Å². The lowest BCUT2D eigenvalue weighted by molar-refractivity contribution is -0.136. The number of piperazine rings is 1. The van der Waals surface area contributed by atoms with E-state index in [2.05, 4.69) is 15.2 Å². The van der Waals surface area contributed by atoms with Crippen LogP contribution in [0.1, 0.15) is 12.8 Å². The summed E-state index contributed by atoms with van der Waals surface area (Å²) in [6.45, 7) is 4.85. The molecule has 0 bridgehead atoms. The zero-order valence-corrected chi connectivity index (χ0v) is 13.9. The molecule has 0 aromatic carbocycles. The standard InChI is InChI=1S/C15H20Cl2N4O/c16-12-9-13(17)14(19-10-12)20-5-7-21(8-6-20)15(22)11-1-3-18-4-2-11/h9-11,18H,1-8H2. The number of aromatic nitrogens is 1. The highest BCUT2D eigenvalue weighted by atomic mass is 35.5. The molecule has 0 radical (unpaired) electrons. The van der Waals surface area contributed by atoms with Crippen molar-refractivity contribution < 1.29 is 4.79 Å². The lowest BCUT2D eigenvalue weighted by Gasteiger charge is -2.38. The van der Waals surface area contributed by atoms with Gasteiger partial charge in [0.2, 0.25) is 5.91 Å². The normalized spacial score (nSPS) is 20.3. The van der Waals surface area contributed by atoms with Gasteiger partial charge in [0.05, 0.1) is 10.0 Å². The molecule has 1 aromatic heterocycles. The van der Waals surface area contributed by atoms with E-state index in [1.165, 1.54) is 0 Å². The molecule has 0 saturated carbocycles. The zero-order chi connectivity index (χ0) is 15.5. The Bertz CT molecular complexity index is 540. The molecule has 2 fully saturated rings. The van der Waals surface area contributed by atoms with Crippen LogP contribution in [-0.2, 0) is 4.79 Å². The molecule has 1 amide bonds. The second kappa shape index (κ2) is 7.02. The number of halogens is 2. The molecule has 2 aliphatic heterocycles. The van der Waals surface area contributed by atoms with Gasteiger partial charge in [0.15, 0.2) is 0 Å². The summed E-state index contributed by atoms with van der Waals surface area (Å²) in [6.07, 6.45) is 3.50. The van der Waals surface area contributed by atoms with Crippen molar-refractivity contribution in [3.05, 3.63) is 22.3 Å². The topological polar surface area (TPSA) is 48.5 Å². The smallest absolute Gasteiger partial charge is 0.225 e. The first-order valence-corrected chi connectivity index (χ1v) is 8.46. The van der Waals surface area contributed by atoms with Gasteiger partial charge in [-0.1, -0.05) is 23.2 Å². The Hall–Kier alpha value is -1.04. The molecule has 7 heteroatoms. The predicted octanol–water partition coefficient (Wildman–Crippen LogP) is 2.04. The highest BCUT2D eigenvalue weighted by Crippen LogP contribution is 2.27. The van der Waals surface area contributed by atoms with Gasteiger partial charge in [-0.3, -0.25) is 4.79 Å². The van der Waals surface area contributed by atoms with E-state index in [4.69, 9.17) is 23.2 Å². The number of nitrogens with zero attached hydrogens (tertiary/aromatic N) is 3. The molecule has 3 heterocycles. The van der Waals surface area contributed by atoms with Crippen LogP contribution in [0.25, 0.3) is 0 Å². The van der Waals surface area contributed by atoms with E-state index in [1.54, 1.807) is 12.3 Å². The van der Waals surface area contributed by atoms with Gasteiger partial charge in [0, 0.05) is 38.3 Å². The Morgan fingerprint density at radius 3 is 2.50 bits per heavy atom. The summed E-state index contributed by atoms with van der Waals surface area (Å²) in [5.74, 6) is 1.24. The SMILES string of the molecule is O=C(C1CCNCC1)N1CCN(c2ncc(Cl)cc2Cl)CC1. The second-order valence-electron chi connectivity index (χ2n) is 5.80. The highest BCUT2D eigenvalue weighted by molar-refractivity contribution is 6.36. The van der Waals surface area contributed by atoms with Gasteiger partial charge in [0.1, 0.15) is 5.82 Å². The minimum Gasteiger partial charge on any atom is -0.352 e. The molecule has 0 aliphatic carbocycles. The van der Waals surface area contributed by atoms with Crippen LogP contribution in [0, 0.1) is 5.92 Å². The van der Waals surface area contributed by atoms with Crippen LogP contribution < -0.4 is 10.2 Å². The first-order chi connectivity index (χ1) is 10.6. The Morgan fingerprint density at radius 2 is 1.86 bits per heavy atom. The quantitative estimate of drug-likeness (QED) is 0.893. The zero-order valence-electron chi connectivity index (χ0n) is 12.4. The number of piperidine rings is 1. The number of carbonyl (C=O) groups is 1. The fourth-order valence-electron chi connectivity index (χ4n) is 3.11. The third-order valence-electron chi connectivity index (χ3n) is 4.37. The van der Waals surface area contributed by atoms with Crippen LogP contribution in [0.5, 0.6) is 0 Å². The molecular formula is C15H20Cl2N4O. The van der Waals surface area contributed by atoms with Crippen molar-refractivity contribution in [3.8, 4) is 0 Å². The van der Waals surface area contributed by atoms with E-state index >= 15 is 0 Å². The van der Waals surface area contributed by atoms with Gasteiger partial charge in [0.25, 0.3) is 0 Å². The fourth-order valence-corrected chi connectivity index (χ4v) is 3.61. The van der Waals surface area contributed by atoms with E-state index in [0.717, 1.165) is 57.9 Å². The van der Waals surface area contributed by atoms with Crippen LogP contribution in [-0.4, -0.2) is 55.1 Å². The summed E-state index contributed by atoms with van der Waals surface area (Å²) < 4.78 is 0. The maximum Gasteiger partial charge on any atom is 0.225 e. The molecular weight excluding hydrogens is 323 g/mol. The summed E-state index contributed by atoms with van der Waals surface area (Å²) in [4.78, 5) is 20.9. The van der Waals surface area contributed by atoms with E-state index in [-0.39, 0.29) is 5.92 Å². The number of anilines is 1. The largest absolute Gasteiger partial charge is 0.352 e. The van der Waals surface area contributed by atoms with E-state index in [9.17, 15) is 4.79 Å². The van der Waals surface area contributed by atoms with Gasteiger partial charge in [-0.15, -0.1) is 0 Å². The summed E-state index contributed by atoms with van der Waals surface area (Å²) in [5, 5.41) is 4.40. The predicted molar refractivity (Wildman–Crippen MR) is 88.6 cm³/mol. The molecule has 5 nitrogen and oxygen atoms in total. The summed E-state index contributed by atoms with van der Waals surface area (Å²) >= 11 is 12.1. The van der Waals surface area contributed by atoms with Gasteiger partial charge in [-0.05, 0) is 32.0 Å². The fraction of sp³-hybridized carbons (Fsp3) is 0.600. The molecule has 0 unspecified atom stereocenters. The molecule has 0 spiro atoms. The molecule has 3 rings (SSSR count). The molecule has 2 aliphatic rings. The molecule has 1 N–H and O–H groups in total. The lowest BCUT2D eigenvalue weighted by atomic mass is 9.96. The summed E-state index contributed by atoms with van der Waals surface area (Å²) in [6, 6.07) is 1.71. The number of pyridine rings is 1. The van der Waals surface area contributed by atoms with Crippen molar-refractivity contribution in [2.45, 2.75) is 12.8 Å². The van der Waals surface area contributed by atoms with Crippen LogP contribution in [0.15, 0.2) is 12.3 Å². The first-order valence-electron chi connectivity index (χ1n) is 7.70. The minimum atomic E-state index is 0.185. The van der Waals surface area contributed by atoms with E-state index in [1.807, 2.05) is 4.90 Å². The molecule has 1 aromatic rings. The Morgan fingerprint density at radius 1 is 1.18 bits per heavy atom. The van der Waals surface area contributed by atoms with E-state index < -0.39 is 0 Å². The van der Waals surface area contributed by atoms with Crippen molar-refractivity contribution in [1.82, 2.24) is 15.2 Å². The third kappa shape index (κ3) is 3.47. The van der Waals surface area contributed by atoms with Crippen molar-refractivity contribution in [2.75, 3.05) is 44.2 Å². The Kier molecular flexibility index (Phi) is 5.06. The number of carbonyl (C=O) groups excluding carboxylic acids is 1. The average molecular weight is 343 g/mol. The van der Waals surface area contributed by atoms with Crippen molar-refractivity contribution in [1.29, 1.82) is 0 Å². The number of nitrogens with one attached hydrogen (secondary N) is 1. The van der Waals surface area contributed by atoms with Gasteiger partial charge in [-0.2, -0.15) is 0 Å². The average Bonchev–Trinajstić information content (AvgIpc) is 2.55. The Balaban J connectivity index is 1.59. The van der Waals surface area contributed by atoms with Crippen LogP contribution in [0.2, 0.25) is 10.0 Å². The number of hydrogen-bond donors (Lipinski definition) is 1. The van der Waals surface area contributed by atoms with E-state index in [0.29, 0.717) is 16.0 Å². The molecule has 0 atom stereocenters. The van der Waals surface area contributed by atoms with Crippen molar-refractivity contribution in [3.63, 3.8) is 0 Å². The second-order valence-corrected chi connectivity index (χ2v) is 6.64. The van der Waals surface area contributed by atoms with Gasteiger partial charge < -0.3 is 15.1 Å². The van der Waals surface area contributed by atoms with Crippen LogP contribution >= 0.6 is 23.2 Å². The van der Waals surface area contributed by atoms with Gasteiger partial charge >= 0.3 is 0 Å². The Labute approximate surface area is 140 Å². The highest BCUT2D eigenvalue weighted by Gasteiger charge is 2.29. The number of amides is 1. The molecule has 22 heavy (non-hydrogen) atoms. The lowest BCUT2D eigenvalue weighted by Crippen LogP contribution is -2.51. The monoisotopic (exact) mass is 342 g/mol.